The first-order chi connectivity index (χ1) is 5.11. The summed E-state index contributed by atoms with van der Waals surface area (Å²) in [4.78, 5) is 3.81. The maximum atomic E-state index is 10.9. The van der Waals surface area contributed by atoms with Crippen LogP contribution in [0.25, 0.3) is 0 Å². The first-order valence-electron chi connectivity index (χ1n) is 2.75. The molecule has 2 nitrogen and oxygen atoms in total. The maximum Gasteiger partial charge on any atom is 0.145 e. The Labute approximate surface area is 77.0 Å². The summed E-state index contributed by atoms with van der Waals surface area (Å²) < 4.78 is 10.9. The second kappa shape index (κ2) is 3.52. The number of hydrogen-bond donors (Lipinski definition) is 0. The number of aromatic nitrogens is 1. The first-order valence-corrected chi connectivity index (χ1v) is 5.07. The van der Waals surface area contributed by atoms with E-state index in [1.165, 1.54) is 18.5 Å². The number of halogens is 2. The van der Waals surface area contributed by atoms with Crippen molar-refractivity contribution in [3.05, 3.63) is 22.3 Å². The normalized spacial score (nSPS) is 13.0. The number of nitrogens with zero attached hydrogens (tertiary/aromatic N) is 1. The molecule has 0 spiro atoms. The average molecular weight is 210 g/mol. The van der Waals surface area contributed by atoms with Gasteiger partial charge in [0.15, 0.2) is 0 Å². The highest BCUT2D eigenvalue weighted by molar-refractivity contribution is 7.84. The molecule has 1 atom stereocenters. The van der Waals surface area contributed by atoms with Crippen molar-refractivity contribution in [2.75, 3.05) is 6.26 Å². The zero-order chi connectivity index (χ0) is 8.43. The van der Waals surface area contributed by atoms with Crippen LogP contribution in [0.15, 0.2) is 17.3 Å². The van der Waals surface area contributed by atoms with Gasteiger partial charge in [0, 0.05) is 12.5 Å². The Balaban J connectivity index is 3.20. The second-order valence-electron chi connectivity index (χ2n) is 1.89. The monoisotopic (exact) mass is 209 g/mol. The molecule has 0 amide bonds. The van der Waals surface area contributed by atoms with E-state index in [1.54, 1.807) is 0 Å². The highest BCUT2D eigenvalue weighted by Crippen LogP contribution is 2.20. The third-order valence-electron chi connectivity index (χ3n) is 1.05. The zero-order valence-corrected chi connectivity index (χ0v) is 8.00. The van der Waals surface area contributed by atoms with Gasteiger partial charge in [-0.3, -0.25) is 4.21 Å². The summed E-state index contributed by atoms with van der Waals surface area (Å²) in [7, 11) is -1.15. The Hall–Kier alpha value is -0.120. The van der Waals surface area contributed by atoms with Crippen LogP contribution in [0.1, 0.15) is 0 Å². The van der Waals surface area contributed by atoms with E-state index >= 15 is 0 Å². The fourth-order valence-electron chi connectivity index (χ4n) is 0.614. The maximum absolute atomic E-state index is 10.9. The van der Waals surface area contributed by atoms with Crippen LogP contribution in [0.5, 0.6) is 0 Å². The fraction of sp³-hybridized carbons (Fsp3) is 0.167. The van der Waals surface area contributed by atoms with Crippen molar-refractivity contribution < 1.29 is 4.21 Å². The molecule has 1 aromatic rings. The summed E-state index contributed by atoms with van der Waals surface area (Å²) in [6.45, 7) is 0. The Bertz CT molecular complexity index is 303. The van der Waals surface area contributed by atoms with Crippen LogP contribution in [0, 0.1) is 0 Å². The van der Waals surface area contributed by atoms with Crippen molar-refractivity contribution in [1.29, 1.82) is 0 Å². The Morgan fingerprint density at radius 1 is 1.55 bits per heavy atom. The standard InChI is InChI=1S/C6H5Cl2NOS/c1-11(10)6-5(8)2-4(7)3-9-6/h2-3H,1H3. The van der Waals surface area contributed by atoms with Gasteiger partial charge < -0.3 is 0 Å². The third-order valence-corrected chi connectivity index (χ3v) is 2.52. The molecule has 0 fully saturated rings. The molecule has 0 aromatic carbocycles. The van der Waals surface area contributed by atoms with Crippen LogP contribution in [0.3, 0.4) is 0 Å². The zero-order valence-electron chi connectivity index (χ0n) is 5.67. The van der Waals surface area contributed by atoms with Gasteiger partial charge >= 0.3 is 0 Å². The molecule has 5 heteroatoms. The molecular formula is C6H5Cl2NOS. The smallest absolute Gasteiger partial charge is 0.145 e. The summed E-state index contributed by atoms with van der Waals surface area (Å²) in [6.07, 6.45) is 2.94. The number of hydrogen-bond acceptors (Lipinski definition) is 2. The van der Waals surface area contributed by atoms with Crippen molar-refractivity contribution in [2.24, 2.45) is 0 Å². The molecule has 1 aromatic heterocycles. The van der Waals surface area contributed by atoms with Gasteiger partial charge in [0.2, 0.25) is 0 Å². The van der Waals surface area contributed by atoms with Gasteiger partial charge in [-0.15, -0.1) is 0 Å². The van der Waals surface area contributed by atoms with E-state index < -0.39 is 10.8 Å². The summed E-state index contributed by atoms with van der Waals surface area (Å²) in [6, 6.07) is 1.52. The van der Waals surface area contributed by atoms with Gasteiger partial charge in [0.05, 0.1) is 20.8 Å². The van der Waals surface area contributed by atoms with Gasteiger partial charge in [-0.05, 0) is 6.07 Å². The Morgan fingerprint density at radius 2 is 2.18 bits per heavy atom. The second-order valence-corrected chi connectivity index (χ2v) is 4.03. The summed E-state index contributed by atoms with van der Waals surface area (Å²) >= 11 is 11.3. The van der Waals surface area contributed by atoms with E-state index in [2.05, 4.69) is 4.98 Å². The Kier molecular flexibility index (Phi) is 2.87. The topological polar surface area (TPSA) is 30.0 Å². The van der Waals surface area contributed by atoms with Crippen molar-refractivity contribution in [3.63, 3.8) is 0 Å². The van der Waals surface area contributed by atoms with E-state index in [4.69, 9.17) is 23.2 Å². The van der Waals surface area contributed by atoms with Crippen molar-refractivity contribution in [1.82, 2.24) is 4.98 Å². The quantitative estimate of drug-likeness (QED) is 0.710. The molecule has 0 aliphatic rings. The van der Waals surface area contributed by atoms with E-state index in [9.17, 15) is 4.21 Å². The van der Waals surface area contributed by atoms with Crippen molar-refractivity contribution in [2.45, 2.75) is 5.03 Å². The van der Waals surface area contributed by atoms with E-state index in [1.807, 2.05) is 0 Å². The fourth-order valence-corrected chi connectivity index (χ4v) is 1.85. The van der Waals surface area contributed by atoms with Gasteiger partial charge in [-0.25, -0.2) is 4.98 Å². The molecule has 0 aliphatic carbocycles. The van der Waals surface area contributed by atoms with E-state index in [0.717, 1.165) is 0 Å². The Morgan fingerprint density at radius 3 is 2.64 bits per heavy atom. The summed E-state index contributed by atoms with van der Waals surface area (Å²) in [5.41, 5.74) is 0. The molecule has 0 saturated carbocycles. The molecular weight excluding hydrogens is 205 g/mol. The van der Waals surface area contributed by atoms with Crippen LogP contribution < -0.4 is 0 Å². The summed E-state index contributed by atoms with van der Waals surface area (Å²) in [5, 5.41) is 1.17. The average Bonchev–Trinajstić information content (AvgIpc) is 1.85. The van der Waals surface area contributed by atoms with Crippen LogP contribution in [-0.2, 0) is 10.8 Å². The minimum Gasteiger partial charge on any atom is -0.253 e. The largest absolute Gasteiger partial charge is 0.253 e. The summed E-state index contributed by atoms with van der Waals surface area (Å²) in [5.74, 6) is 0. The predicted molar refractivity (Wildman–Crippen MR) is 46.6 cm³/mol. The highest BCUT2D eigenvalue weighted by Gasteiger charge is 2.05. The SMILES string of the molecule is CS(=O)c1ncc(Cl)cc1Cl. The highest BCUT2D eigenvalue weighted by atomic mass is 35.5. The van der Waals surface area contributed by atoms with E-state index in [-0.39, 0.29) is 0 Å². The minimum absolute atomic E-state index is 0.346. The van der Waals surface area contributed by atoms with Crippen molar-refractivity contribution in [3.8, 4) is 0 Å². The lowest BCUT2D eigenvalue weighted by Crippen LogP contribution is -1.92. The molecule has 0 saturated heterocycles. The lowest BCUT2D eigenvalue weighted by Gasteiger charge is -1.97. The van der Waals surface area contributed by atoms with E-state index in [0.29, 0.717) is 15.1 Å². The van der Waals surface area contributed by atoms with Crippen molar-refractivity contribution >= 4 is 34.0 Å². The minimum atomic E-state index is -1.15. The lowest BCUT2D eigenvalue weighted by atomic mass is 10.5. The van der Waals surface area contributed by atoms with Gasteiger partial charge in [-0.2, -0.15) is 0 Å². The molecule has 0 aliphatic heterocycles. The van der Waals surface area contributed by atoms with Gasteiger partial charge in [0.1, 0.15) is 5.03 Å². The third kappa shape index (κ3) is 2.15. The molecule has 11 heavy (non-hydrogen) atoms. The molecule has 1 rings (SSSR count). The predicted octanol–water partition coefficient (Wildman–Crippen LogP) is 2.13. The van der Waals surface area contributed by atoms with Crippen LogP contribution in [0.2, 0.25) is 10.0 Å². The molecule has 1 heterocycles. The van der Waals surface area contributed by atoms with Crippen LogP contribution in [0.4, 0.5) is 0 Å². The van der Waals surface area contributed by atoms with Crippen LogP contribution >= 0.6 is 23.2 Å². The molecule has 60 valence electrons. The molecule has 0 bridgehead atoms. The first kappa shape index (κ1) is 8.97. The molecule has 0 radical (unpaired) electrons. The number of rotatable bonds is 1. The molecule has 1 unspecified atom stereocenters. The van der Waals surface area contributed by atoms with Gasteiger partial charge in [-0.1, -0.05) is 23.2 Å². The number of pyridine rings is 1. The molecule has 0 N–H and O–H groups in total. The van der Waals surface area contributed by atoms with Gasteiger partial charge in [0.25, 0.3) is 0 Å². The lowest BCUT2D eigenvalue weighted by molar-refractivity contribution is 0.684. The van der Waals surface area contributed by atoms with Crippen LogP contribution in [-0.4, -0.2) is 15.4 Å².